The normalized spacial score (nSPS) is 18.1. The van der Waals surface area contributed by atoms with Crippen molar-refractivity contribution in [3.8, 4) is 16.9 Å². The van der Waals surface area contributed by atoms with Crippen LogP contribution < -0.4 is 9.64 Å². The number of nitrogens with zero attached hydrogens (tertiary/aromatic N) is 1. The highest BCUT2D eigenvalue weighted by atomic mass is 16.5. The summed E-state index contributed by atoms with van der Waals surface area (Å²) in [6.45, 7) is 10.2. The molecule has 0 aromatic heterocycles. The third-order valence-corrected chi connectivity index (χ3v) is 6.20. The SMILES string of the molecule is COC(=O)C1CN(c2cccc(-c3cc(C(C)C)cc4c3CCC(C)(C)O4)c2)C1. The average molecular weight is 394 g/mol. The van der Waals surface area contributed by atoms with Gasteiger partial charge in [-0.2, -0.15) is 0 Å². The van der Waals surface area contributed by atoms with Crippen molar-refractivity contribution < 1.29 is 14.3 Å². The summed E-state index contributed by atoms with van der Waals surface area (Å²) in [7, 11) is 1.46. The minimum Gasteiger partial charge on any atom is -0.488 e. The van der Waals surface area contributed by atoms with Crippen LogP contribution >= 0.6 is 0 Å². The smallest absolute Gasteiger partial charge is 0.312 e. The van der Waals surface area contributed by atoms with Crippen LogP contribution in [0.4, 0.5) is 5.69 Å². The molecule has 0 radical (unpaired) electrons. The van der Waals surface area contributed by atoms with Gasteiger partial charge in [0.05, 0.1) is 13.0 Å². The molecule has 0 amide bonds. The van der Waals surface area contributed by atoms with Crippen molar-refractivity contribution in [2.24, 2.45) is 5.92 Å². The predicted octanol–water partition coefficient (Wildman–Crippen LogP) is 5.19. The second-order valence-electron chi connectivity index (χ2n) is 9.24. The Kier molecular flexibility index (Phi) is 5.05. The molecule has 154 valence electrons. The highest BCUT2D eigenvalue weighted by molar-refractivity contribution is 5.78. The Balaban J connectivity index is 1.68. The number of anilines is 1. The van der Waals surface area contributed by atoms with Crippen molar-refractivity contribution in [1.29, 1.82) is 0 Å². The molecule has 0 spiro atoms. The van der Waals surface area contributed by atoms with Crippen molar-refractivity contribution in [3.63, 3.8) is 0 Å². The highest BCUT2D eigenvalue weighted by Crippen LogP contribution is 2.42. The summed E-state index contributed by atoms with van der Waals surface area (Å²) in [5.74, 6) is 1.34. The lowest BCUT2D eigenvalue weighted by Gasteiger charge is -2.39. The summed E-state index contributed by atoms with van der Waals surface area (Å²) in [6.07, 6.45) is 2.04. The zero-order chi connectivity index (χ0) is 20.8. The first kappa shape index (κ1) is 19.8. The summed E-state index contributed by atoms with van der Waals surface area (Å²) in [5, 5.41) is 0. The van der Waals surface area contributed by atoms with E-state index in [1.165, 1.54) is 29.4 Å². The Bertz CT molecular complexity index is 926. The van der Waals surface area contributed by atoms with Crippen molar-refractivity contribution in [2.45, 2.75) is 52.1 Å². The minimum absolute atomic E-state index is 0.0173. The van der Waals surface area contributed by atoms with Crippen LogP contribution in [0.25, 0.3) is 11.1 Å². The van der Waals surface area contributed by atoms with E-state index in [1.54, 1.807) is 0 Å². The summed E-state index contributed by atoms with van der Waals surface area (Å²) >= 11 is 0. The van der Waals surface area contributed by atoms with E-state index in [1.807, 2.05) is 0 Å². The molecule has 1 saturated heterocycles. The van der Waals surface area contributed by atoms with Gasteiger partial charge in [0, 0.05) is 24.3 Å². The van der Waals surface area contributed by atoms with Gasteiger partial charge in [0.25, 0.3) is 0 Å². The van der Waals surface area contributed by atoms with Crippen LogP contribution in [0.2, 0.25) is 0 Å². The maximum atomic E-state index is 11.7. The predicted molar refractivity (Wildman–Crippen MR) is 117 cm³/mol. The van der Waals surface area contributed by atoms with Gasteiger partial charge >= 0.3 is 5.97 Å². The number of rotatable bonds is 4. The van der Waals surface area contributed by atoms with E-state index in [0.29, 0.717) is 5.92 Å². The first-order chi connectivity index (χ1) is 13.8. The van der Waals surface area contributed by atoms with Gasteiger partial charge in [-0.1, -0.05) is 32.0 Å². The van der Waals surface area contributed by atoms with E-state index in [9.17, 15) is 4.79 Å². The second-order valence-corrected chi connectivity index (χ2v) is 9.24. The Morgan fingerprint density at radius 1 is 1.21 bits per heavy atom. The molecule has 4 heteroatoms. The molecular weight excluding hydrogens is 362 g/mol. The molecule has 2 aromatic carbocycles. The van der Waals surface area contributed by atoms with Crippen molar-refractivity contribution in [2.75, 3.05) is 25.1 Å². The molecular formula is C25H31NO3. The molecule has 0 bridgehead atoms. The molecule has 0 atom stereocenters. The van der Waals surface area contributed by atoms with E-state index < -0.39 is 0 Å². The molecule has 4 nitrogen and oxygen atoms in total. The lowest BCUT2D eigenvalue weighted by molar-refractivity contribution is -0.146. The zero-order valence-electron chi connectivity index (χ0n) is 18.1. The Labute approximate surface area is 173 Å². The molecule has 2 aliphatic heterocycles. The topological polar surface area (TPSA) is 38.8 Å². The first-order valence-electron chi connectivity index (χ1n) is 10.6. The molecule has 4 rings (SSSR count). The molecule has 1 fully saturated rings. The number of esters is 1. The van der Waals surface area contributed by atoms with Gasteiger partial charge in [-0.15, -0.1) is 0 Å². The third-order valence-electron chi connectivity index (χ3n) is 6.20. The minimum atomic E-state index is -0.123. The fourth-order valence-corrected chi connectivity index (χ4v) is 4.26. The second kappa shape index (κ2) is 7.40. The third kappa shape index (κ3) is 3.85. The maximum Gasteiger partial charge on any atom is 0.312 e. The Morgan fingerprint density at radius 3 is 2.66 bits per heavy atom. The first-order valence-corrected chi connectivity index (χ1v) is 10.6. The number of methoxy groups -OCH3 is 1. The molecule has 2 heterocycles. The number of fused-ring (bicyclic) bond motifs is 1. The number of hydrogen-bond acceptors (Lipinski definition) is 4. The van der Waals surface area contributed by atoms with Gasteiger partial charge < -0.3 is 14.4 Å². The number of carbonyl (C=O) groups excluding carboxylic acids is 1. The number of hydrogen-bond donors (Lipinski definition) is 0. The Morgan fingerprint density at radius 2 is 1.97 bits per heavy atom. The molecule has 29 heavy (non-hydrogen) atoms. The summed E-state index contributed by atoms with van der Waals surface area (Å²) in [5.41, 5.74) is 6.13. The molecule has 2 aromatic rings. The fourth-order valence-electron chi connectivity index (χ4n) is 4.26. The highest BCUT2D eigenvalue weighted by Gasteiger charge is 2.34. The van der Waals surface area contributed by atoms with Crippen LogP contribution in [-0.2, 0) is 16.0 Å². The molecule has 0 unspecified atom stereocenters. The van der Waals surface area contributed by atoms with Crippen LogP contribution in [0, 0.1) is 5.92 Å². The van der Waals surface area contributed by atoms with Gasteiger partial charge in [-0.25, -0.2) is 0 Å². The quantitative estimate of drug-likeness (QED) is 0.670. The summed E-state index contributed by atoms with van der Waals surface area (Å²) < 4.78 is 11.2. The fraction of sp³-hybridized carbons (Fsp3) is 0.480. The van der Waals surface area contributed by atoms with E-state index in [-0.39, 0.29) is 17.5 Å². The van der Waals surface area contributed by atoms with Gasteiger partial charge in [0.15, 0.2) is 0 Å². The monoisotopic (exact) mass is 393 g/mol. The van der Waals surface area contributed by atoms with E-state index in [2.05, 4.69) is 69.0 Å². The maximum absolute atomic E-state index is 11.7. The molecule has 2 aliphatic rings. The number of carbonyl (C=O) groups is 1. The van der Waals surface area contributed by atoms with Crippen LogP contribution in [0.15, 0.2) is 36.4 Å². The van der Waals surface area contributed by atoms with Crippen LogP contribution in [-0.4, -0.2) is 31.8 Å². The lowest BCUT2D eigenvalue weighted by atomic mass is 9.86. The number of benzene rings is 2. The lowest BCUT2D eigenvalue weighted by Crippen LogP contribution is -2.50. The van der Waals surface area contributed by atoms with Gasteiger partial charge in [0.1, 0.15) is 11.4 Å². The van der Waals surface area contributed by atoms with E-state index in [4.69, 9.17) is 9.47 Å². The molecule has 0 N–H and O–H groups in total. The summed E-state index contributed by atoms with van der Waals surface area (Å²) in [6, 6.07) is 13.2. The van der Waals surface area contributed by atoms with E-state index >= 15 is 0 Å². The van der Waals surface area contributed by atoms with Crippen molar-refractivity contribution >= 4 is 11.7 Å². The van der Waals surface area contributed by atoms with Crippen molar-refractivity contribution in [3.05, 3.63) is 47.5 Å². The van der Waals surface area contributed by atoms with Gasteiger partial charge in [-0.05, 0) is 67.5 Å². The average Bonchev–Trinajstić information content (AvgIpc) is 2.65. The number of ether oxygens (including phenoxy) is 2. The van der Waals surface area contributed by atoms with Gasteiger partial charge in [-0.3, -0.25) is 4.79 Å². The Hall–Kier alpha value is -2.49. The van der Waals surface area contributed by atoms with Gasteiger partial charge in [0.2, 0.25) is 0 Å². The molecule has 0 aliphatic carbocycles. The van der Waals surface area contributed by atoms with Crippen LogP contribution in [0.3, 0.4) is 0 Å². The van der Waals surface area contributed by atoms with Crippen molar-refractivity contribution in [1.82, 2.24) is 0 Å². The summed E-state index contributed by atoms with van der Waals surface area (Å²) in [4.78, 5) is 14.0. The standard InChI is InChI=1S/C25H31NO3/c1-16(2)18-12-22(21-9-10-25(3,4)29-23(21)13-18)17-7-6-8-20(11-17)26-14-19(15-26)24(27)28-5/h6-8,11-13,16,19H,9-10,14-15H2,1-5H3. The molecule has 0 saturated carbocycles. The zero-order valence-corrected chi connectivity index (χ0v) is 18.1. The largest absolute Gasteiger partial charge is 0.488 e. The van der Waals surface area contributed by atoms with Crippen LogP contribution in [0.5, 0.6) is 5.75 Å². The van der Waals surface area contributed by atoms with E-state index in [0.717, 1.165) is 37.4 Å². The van der Waals surface area contributed by atoms with Crippen LogP contribution in [0.1, 0.15) is 51.2 Å².